The molecule has 0 aliphatic carbocycles. The standard InChI is InChI=1S/C12H23N3OS/c1-9(11(13)17)12(16)15(3)8-10-4-6-14(2)7-5-10/h9-10H,4-8H2,1-3H3,(H2,13,17). The lowest BCUT2D eigenvalue weighted by Gasteiger charge is -2.32. The summed E-state index contributed by atoms with van der Waals surface area (Å²) >= 11 is 4.86. The lowest BCUT2D eigenvalue weighted by atomic mass is 9.96. The van der Waals surface area contributed by atoms with Crippen LogP contribution >= 0.6 is 12.2 Å². The van der Waals surface area contributed by atoms with E-state index in [0.717, 1.165) is 32.5 Å². The maximum atomic E-state index is 12.0. The predicted octanol–water partition coefficient (Wildman–Crippen LogP) is 0.709. The molecule has 1 amide bonds. The summed E-state index contributed by atoms with van der Waals surface area (Å²) in [6.07, 6.45) is 2.32. The number of carbonyl (C=O) groups excluding carboxylic acids is 1. The normalized spacial score (nSPS) is 19.9. The largest absolute Gasteiger partial charge is 0.393 e. The molecule has 0 aromatic carbocycles. The number of hydrogen-bond donors (Lipinski definition) is 1. The fourth-order valence-corrected chi connectivity index (χ4v) is 2.28. The van der Waals surface area contributed by atoms with E-state index in [4.69, 9.17) is 18.0 Å². The average molecular weight is 257 g/mol. The minimum absolute atomic E-state index is 0.0384. The number of nitrogens with zero attached hydrogens (tertiary/aromatic N) is 2. The summed E-state index contributed by atoms with van der Waals surface area (Å²) in [7, 11) is 3.98. The van der Waals surface area contributed by atoms with E-state index in [1.165, 1.54) is 0 Å². The second-order valence-corrected chi connectivity index (χ2v) is 5.56. The van der Waals surface area contributed by atoms with Crippen molar-refractivity contribution in [1.29, 1.82) is 0 Å². The first kappa shape index (κ1) is 14.4. The van der Waals surface area contributed by atoms with Crippen LogP contribution in [-0.4, -0.2) is 54.4 Å². The summed E-state index contributed by atoms with van der Waals surface area (Å²) in [5, 5.41) is 0. The summed E-state index contributed by atoms with van der Waals surface area (Å²) in [6.45, 7) is 4.84. The number of carbonyl (C=O) groups is 1. The molecular weight excluding hydrogens is 234 g/mol. The number of hydrogen-bond acceptors (Lipinski definition) is 3. The second kappa shape index (κ2) is 6.31. The Labute approximate surface area is 109 Å². The summed E-state index contributed by atoms with van der Waals surface area (Å²) in [5.41, 5.74) is 5.50. The van der Waals surface area contributed by atoms with Gasteiger partial charge < -0.3 is 15.5 Å². The molecule has 1 unspecified atom stereocenters. The first-order chi connectivity index (χ1) is 7.91. The number of thiocarbonyl (C=S) groups is 1. The van der Waals surface area contributed by atoms with Crippen molar-refractivity contribution >= 4 is 23.1 Å². The molecule has 1 heterocycles. The number of amides is 1. The number of nitrogens with two attached hydrogens (primary N) is 1. The van der Waals surface area contributed by atoms with Crippen molar-refractivity contribution in [2.45, 2.75) is 19.8 Å². The molecule has 1 atom stereocenters. The molecule has 0 bridgehead atoms. The van der Waals surface area contributed by atoms with Crippen molar-refractivity contribution in [3.8, 4) is 0 Å². The van der Waals surface area contributed by atoms with E-state index < -0.39 is 0 Å². The van der Waals surface area contributed by atoms with E-state index in [1.54, 1.807) is 11.8 Å². The van der Waals surface area contributed by atoms with Crippen molar-refractivity contribution in [1.82, 2.24) is 9.80 Å². The fraction of sp³-hybridized carbons (Fsp3) is 0.833. The van der Waals surface area contributed by atoms with E-state index >= 15 is 0 Å². The van der Waals surface area contributed by atoms with Gasteiger partial charge >= 0.3 is 0 Å². The van der Waals surface area contributed by atoms with Crippen LogP contribution in [0.25, 0.3) is 0 Å². The summed E-state index contributed by atoms with van der Waals surface area (Å²) < 4.78 is 0. The molecule has 98 valence electrons. The third-order valence-electron chi connectivity index (χ3n) is 3.54. The van der Waals surface area contributed by atoms with Gasteiger partial charge in [-0.2, -0.15) is 0 Å². The van der Waals surface area contributed by atoms with Crippen LogP contribution in [-0.2, 0) is 4.79 Å². The molecule has 0 saturated carbocycles. The van der Waals surface area contributed by atoms with Gasteiger partial charge in [0.25, 0.3) is 0 Å². The molecule has 1 saturated heterocycles. The molecule has 1 aliphatic heterocycles. The smallest absolute Gasteiger partial charge is 0.231 e. The third-order valence-corrected chi connectivity index (χ3v) is 3.90. The Hall–Kier alpha value is -0.680. The quantitative estimate of drug-likeness (QED) is 0.754. The average Bonchev–Trinajstić information content (AvgIpc) is 2.30. The van der Waals surface area contributed by atoms with Gasteiger partial charge in [0.2, 0.25) is 5.91 Å². The van der Waals surface area contributed by atoms with Gasteiger partial charge in [0.05, 0.1) is 10.9 Å². The lowest BCUT2D eigenvalue weighted by Crippen LogP contribution is -2.42. The van der Waals surface area contributed by atoms with E-state index in [0.29, 0.717) is 5.92 Å². The van der Waals surface area contributed by atoms with Crippen LogP contribution in [0, 0.1) is 11.8 Å². The number of piperidine rings is 1. The highest BCUT2D eigenvalue weighted by atomic mass is 32.1. The third kappa shape index (κ3) is 4.24. The Morgan fingerprint density at radius 1 is 1.53 bits per heavy atom. The highest BCUT2D eigenvalue weighted by Gasteiger charge is 2.24. The second-order valence-electron chi connectivity index (χ2n) is 5.09. The van der Waals surface area contributed by atoms with E-state index in [-0.39, 0.29) is 16.8 Å². The minimum atomic E-state index is -0.346. The van der Waals surface area contributed by atoms with Gasteiger partial charge in [-0.05, 0) is 45.8 Å². The topological polar surface area (TPSA) is 49.6 Å². The highest BCUT2D eigenvalue weighted by molar-refractivity contribution is 7.80. The van der Waals surface area contributed by atoms with Gasteiger partial charge in [0, 0.05) is 13.6 Å². The lowest BCUT2D eigenvalue weighted by molar-refractivity contribution is -0.132. The molecule has 0 aromatic heterocycles. The van der Waals surface area contributed by atoms with Crippen LogP contribution in [0.2, 0.25) is 0 Å². The maximum absolute atomic E-state index is 12.0. The molecule has 1 fully saturated rings. The highest BCUT2D eigenvalue weighted by Crippen LogP contribution is 2.17. The van der Waals surface area contributed by atoms with Crippen LogP contribution in [0.15, 0.2) is 0 Å². The molecule has 2 N–H and O–H groups in total. The van der Waals surface area contributed by atoms with Crippen molar-refractivity contribution in [2.24, 2.45) is 17.6 Å². The van der Waals surface area contributed by atoms with Gasteiger partial charge in [0.15, 0.2) is 0 Å². The van der Waals surface area contributed by atoms with E-state index in [9.17, 15) is 4.79 Å². The first-order valence-corrected chi connectivity index (χ1v) is 6.55. The van der Waals surface area contributed by atoms with Crippen molar-refractivity contribution in [2.75, 3.05) is 33.7 Å². The van der Waals surface area contributed by atoms with Crippen molar-refractivity contribution < 1.29 is 4.79 Å². The molecule has 4 nitrogen and oxygen atoms in total. The van der Waals surface area contributed by atoms with Gasteiger partial charge in [-0.15, -0.1) is 0 Å². The van der Waals surface area contributed by atoms with Gasteiger partial charge in [0.1, 0.15) is 0 Å². The maximum Gasteiger partial charge on any atom is 0.231 e. The molecule has 0 aromatic rings. The Kier molecular flexibility index (Phi) is 5.33. The SMILES string of the molecule is CC(C(=O)N(C)CC1CCN(C)CC1)C(N)=S. The van der Waals surface area contributed by atoms with Crippen LogP contribution in [0.4, 0.5) is 0 Å². The van der Waals surface area contributed by atoms with Gasteiger partial charge in [-0.25, -0.2) is 0 Å². The zero-order chi connectivity index (χ0) is 13.0. The molecule has 17 heavy (non-hydrogen) atoms. The molecule has 1 aliphatic rings. The molecular formula is C12H23N3OS. The minimum Gasteiger partial charge on any atom is -0.393 e. The molecule has 5 heteroatoms. The zero-order valence-corrected chi connectivity index (χ0v) is 11.8. The Balaban J connectivity index is 2.41. The van der Waals surface area contributed by atoms with Crippen LogP contribution in [0.1, 0.15) is 19.8 Å². The van der Waals surface area contributed by atoms with Crippen molar-refractivity contribution in [3.05, 3.63) is 0 Å². The monoisotopic (exact) mass is 257 g/mol. The van der Waals surface area contributed by atoms with Crippen LogP contribution < -0.4 is 5.73 Å². The summed E-state index contributed by atoms with van der Waals surface area (Å²) in [5.74, 6) is 0.302. The Bertz CT molecular complexity index is 287. The fourth-order valence-electron chi connectivity index (χ4n) is 2.17. The Morgan fingerprint density at radius 3 is 2.53 bits per heavy atom. The first-order valence-electron chi connectivity index (χ1n) is 6.14. The van der Waals surface area contributed by atoms with Gasteiger partial charge in [-0.1, -0.05) is 12.2 Å². The van der Waals surface area contributed by atoms with Gasteiger partial charge in [-0.3, -0.25) is 4.79 Å². The van der Waals surface area contributed by atoms with Crippen LogP contribution in [0.3, 0.4) is 0 Å². The van der Waals surface area contributed by atoms with E-state index in [1.807, 2.05) is 7.05 Å². The van der Waals surface area contributed by atoms with E-state index in [2.05, 4.69) is 11.9 Å². The summed E-state index contributed by atoms with van der Waals surface area (Å²) in [6, 6.07) is 0. The summed E-state index contributed by atoms with van der Waals surface area (Å²) in [4.78, 5) is 16.4. The molecule has 0 radical (unpaired) electrons. The molecule has 1 rings (SSSR count). The Morgan fingerprint density at radius 2 is 2.06 bits per heavy atom. The van der Waals surface area contributed by atoms with Crippen LogP contribution in [0.5, 0.6) is 0 Å². The predicted molar refractivity (Wildman–Crippen MR) is 73.8 cm³/mol. The number of likely N-dealkylation sites (tertiary alicyclic amines) is 1. The number of rotatable bonds is 4. The zero-order valence-electron chi connectivity index (χ0n) is 11.0. The molecule has 0 spiro atoms. The van der Waals surface area contributed by atoms with Crippen molar-refractivity contribution in [3.63, 3.8) is 0 Å².